The van der Waals surface area contributed by atoms with Crippen LogP contribution in [0, 0.1) is 0 Å². The molecule has 1 aromatic carbocycles. The number of nitrogens with one attached hydrogen (secondary N) is 1. The van der Waals surface area contributed by atoms with Gasteiger partial charge < -0.3 is 4.90 Å². The van der Waals surface area contributed by atoms with Gasteiger partial charge in [-0.05, 0) is 23.6 Å². The Labute approximate surface area is 165 Å². The van der Waals surface area contributed by atoms with Crippen molar-refractivity contribution in [2.24, 2.45) is 0 Å². The van der Waals surface area contributed by atoms with Crippen molar-refractivity contribution in [3.63, 3.8) is 0 Å². The van der Waals surface area contributed by atoms with Crippen molar-refractivity contribution in [3.8, 4) is 11.3 Å². The van der Waals surface area contributed by atoms with Crippen LogP contribution in [0.4, 0.5) is 0 Å². The minimum Gasteiger partial charge on any atom is -0.341 e. The number of benzene rings is 1. The fourth-order valence-electron chi connectivity index (χ4n) is 3.69. The van der Waals surface area contributed by atoms with Crippen molar-refractivity contribution in [1.82, 2.24) is 25.0 Å². The van der Waals surface area contributed by atoms with Gasteiger partial charge in [0.1, 0.15) is 0 Å². The number of nitrogens with zero attached hydrogens (tertiary/aromatic N) is 4. The standard InChI is InChI=1S/C22H25N5O/c28-21(14-18-6-4-9-23-15-18)27-11-5-10-26(12-13-27)17-20-16-24-25-22(20)19-7-2-1-3-8-19/h1-4,6-9,15-16H,5,10-14,17H2,(H,24,25). The van der Waals surface area contributed by atoms with Gasteiger partial charge in [0.05, 0.1) is 18.3 Å². The molecule has 3 heterocycles. The van der Waals surface area contributed by atoms with Crippen LogP contribution in [0.1, 0.15) is 17.5 Å². The molecule has 28 heavy (non-hydrogen) atoms. The molecule has 0 spiro atoms. The molecule has 1 N–H and O–H groups in total. The summed E-state index contributed by atoms with van der Waals surface area (Å²) in [4.78, 5) is 21.1. The molecule has 1 saturated heterocycles. The van der Waals surface area contributed by atoms with Crippen LogP contribution in [0.3, 0.4) is 0 Å². The van der Waals surface area contributed by atoms with E-state index in [0.29, 0.717) is 6.42 Å². The molecular formula is C22H25N5O. The first kappa shape index (κ1) is 18.4. The van der Waals surface area contributed by atoms with Crippen molar-refractivity contribution in [3.05, 3.63) is 72.2 Å². The SMILES string of the molecule is O=C(Cc1cccnc1)N1CCCN(Cc2cn[nH]c2-c2ccccc2)CC1. The Balaban J connectivity index is 1.36. The topological polar surface area (TPSA) is 65.1 Å². The van der Waals surface area contributed by atoms with Gasteiger partial charge in [-0.1, -0.05) is 36.4 Å². The number of aromatic amines is 1. The smallest absolute Gasteiger partial charge is 0.227 e. The molecule has 144 valence electrons. The summed E-state index contributed by atoms with van der Waals surface area (Å²) < 4.78 is 0. The number of hydrogen-bond donors (Lipinski definition) is 1. The second kappa shape index (κ2) is 8.80. The molecule has 4 rings (SSSR count). The van der Waals surface area contributed by atoms with Gasteiger partial charge in [0.15, 0.2) is 0 Å². The summed E-state index contributed by atoms with van der Waals surface area (Å²) >= 11 is 0. The zero-order chi connectivity index (χ0) is 19.2. The Morgan fingerprint density at radius 1 is 1.00 bits per heavy atom. The van der Waals surface area contributed by atoms with Gasteiger partial charge in [-0.25, -0.2) is 0 Å². The molecular weight excluding hydrogens is 350 g/mol. The van der Waals surface area contributed by atoms with E-state index in [-0.39, 0.29) is 5.91 Å². The van der Waals surface area contributed by atoms with Gasteiger partial charge in [-0.3, -0.25) is 19.8 Å². The molecule has 1 amide bonds. The van der Waals surface area contributed by atoms with Gasteiger partial charge in [0.2, 0.25) is 5.91 Å². The molecule has 3 aromatic rings. The van der Waals surface area contributed by atoms with E-state index >= 15 is 0 Å². The van der Waals surface area contributed by atoms with Crippen LogP contribution in [0.15, 0.2) is 61.1 Å². The Morgan fingerprint density at radius 3 is 2.71 bits per heavy atom. The zero-order valence-corrected chi connectivity index (χ0v) is 15.9. The van der Waals surface area contributed by atoms with Crippen LogP contribution in [0.25, 0.3) is 11.3 Å². The predicted molar refractivity (Wildman–Crippen MR) is 108 cm³/mol. The molecule has 1 aliphatic heterocycles. The van der Waals surface area contributed by atoms with Crippen LogP contribution < -0.4 is 0 Å². The number of hydrogen-bond acceptors (Lipinski definition) is 4. The second-order valence-electron chi connectivity index (χ2n) is 7.18. The van der Waals surface area contributed by atoms with Crippen molar-refractivity contribution in [2.45, 2.75) is 19.4 Å². The number of H-pyrrole nitrogens is 1. The highest BCUT2D eigenvalue weighted by atomic mass is 16.2. The Bertz CT molecular complexity index is 894. The predicted octanol–water partition coefficient (Wildman–Crippen LogP) is 2.75. The van der Waals surface area contributed by atoms with Crippen LogP contribution in [0.5, 0.6) is 0 Å². The summed E-state index contributed by atoms with van der Waals surface area (Å²) in [6.07, 6.45) is 6.83. The van der Waals surface area contributed by atoms with Crippen LogP contribution in [0.2, 0.25) is 0 Å². The normalized spacial score (nSPS) is 15.4. The molecule has 0 unspecified atom stereocenters. The van der Waals surface area contributed by atoms with Gasteiger partial charge in [0, 0.05) is 50.7 Å². The molecule has 1 aliphatic rings. The summed E-state index contributed by atoms with van der Waals surface area (Å²) in [5.41, 5.74) is 4.40. The van der Waals surface area contributed by atoms with Crippen molar-refractivity contribution in [1.29, 1.82) is 0 Å². The van der Waals surface area contributed by atoms with Gasteiger partial charge in [-0.15, -0.1) is 0 Å². The van der Waals surface area contributed by atoms with Gasteiger partial charge >= 0.3 is 0 Å². The minimum absolute atomic E-state index is 0.183. The van der Waals surface area contributed by atoms with Crippen molar-refractivity contribution in [2.75, 3.05) is 26.2 Å². The average Bonchev–Trinajstić information content (AvgIpc) is 3.06. The summed E-state index contributed by atoms with van der Waals surface area (Å²) in [5.74, 6) is 0.183. The van der Waals surface area contributed by atoms with E-state index in [2.05, 4.69) is 32.2 Å². The van der Waals surface area contributed by atoms with Gasteiger partial charge in [0.25, 0.3) is 0 Å². The third-order valence-electron chi connectivity index (χ3n) is 5.19. The molecule has 0 bridgehead atoms. The third-order valence-corrected chi connectivity index (χ3v) is 5.19. The summed E-state index contributed by atoms with van der Waals surface area (Å²) in [7, 11) is 0. The van der Waals surface area contributed by atoms with Crippen LogP contribution in [-0.4, -0.2) is 57.1 Å². The lowest BCUT2D eigenvalue weighted by Gasteiger charge is -2.22. The monoisotopic (exact) mass is 375 g/mol. The summed E-state index contributed by atoms with van der Waals surface area (Å²) in [6.45, 7) is 4.27. The lowest BCUT2D eigenvalue weighted by atomic mass is 10.1. The zero-order valence-electron chi connectivity index (χ0n) is 15.9. The molecule has 0 radical (unpaired) electrons. The highest BCUT2D eigenvalue weighted by molar-refractivity contribution is 5.78. The lowest BCUT2D eigenvalue weighted by Crippen LogP contribution is -2.36. The van der Waals surface area contributed by atoms with E-state index in [4.69, 9.17) is 0 Å². The molecule has 6 heteroatoms. The van der Waals surface area contributed by atoms with E-state index in [0.717, 1.165) is 56.0 Å². The maximum atomic E-state index is 12.6. The minimum atomic E-state index is 0.183. The Morgan fingerprint density at radius 2 is 1.89 bits per heavy atom. The molecule has 0 aliphatic carbocycles. The largest absolute Gasteiger partial charge is 0.341 e. The maximum Gasteiger partial charge on any atom is 0.227 e. The van der Waals surface area contributed by atoms with Crippen molar-refractivity contribution < 1.29 is 4.79 Å². The lowest BCUT2D eigenvalue weighted by molar-refractivity contribution is -0.130. The first-order valence-corrected chi connectivity index (χ1v) is 9.76. The fourth-order valence-corrected chi connectivity index (χ4v) is 3.69. The Hall–Kier alpha value is -2.99. The number of rotatable bonds is 5. The fraction of sp³-hybridized carbons (Fsp3) is 0.318. The summed E-state index contributed by atoms with van der Waals surface area (Å²) in [5, 5.41) is 7.39. The van der Waals surface area contributed by atoms with E-state index < -0.39 is 0 Å². The maximum absolute atomic E-state index is 12.6. The molecule has 2 aromatic heterocycles. The number of carbonyl (C=O) groups excluding carboxylic acids is 1. The highest BCUT2D eigenvalue weighted by Gasteiger charge is 2.20. The number of pyridine rings is 1. The average molecular weight is 375 g/mol. The number of aromatic nitrogens is 3. The van der Waals surface area contributed by atoms with E-state index in [1.165, 1.54) is 5.56 Å². The van der Waals surface area contributed by atoms with Crippen LogP contribution in [-0.2, 0) is 17.8 Å². The molecule has 0 atom stereocenters. The third kappa shape index (κ3) is 4.46. The number of carbonyl (C=O) groups is 1. The van der Waals surface area contributed by atoms with Gasteiger partial charge in [-0.2, -0.15) is 5.10 Å². The van der Waals surface area contributed by atoms with Crippen molar-refractivity contribution >= 4 is 5.91 Å². The Kier molecular flexibility index (Phi) is 5.77. The molecule has 1 fully saturated rings. The van der Waals surface area contributed by atoms with Crippen LogP contribution >= 0.6 is 0 Å². The first-order valence-electron chi connectivity index (χ1n) is 9.76. The number of amides is 1. The van der Waals surface area contributed by atoms with E-state index in [1.54, 1.807) is 12.4 Å². The molecule has 0 saturated carbocycles. The quantitative estimate of drug-likeness (QED) is 0.745. The van der Waals surface area contributed by atoms with E-state index in [1.807, 2.05) is 41.4 Å². The highest BCUT2D eigenvalue weighted by Crippen LogP contribution is 2.22. The van der Waals surface area contributed by atoms with E-state index in [9.17, 15) is 4.79 Å². The first-order chi connectivity index (χ1) is 13.8. The summed E-state index contributed by atoms with van der Waals surface area (Å²) in [6, 6.07) is 14.1. The second-order valence-corrected chi connectivity index (χ2v) is 7.18. The molecule has 6 nitrogen and oxygen atoms in total.